The third kappa shape index (κ3) is 5.00. The van der Waals surface area contributed by atoms with Gasteiger partial charge in [-0.15, -0.1) is 12.4 Å². The minimum Gasteiger partial charge on any atom is -0.468 e. The number of piperidine rings is 1. The van der Waals surface area contributed by atoms with Crippen LogP contribution >= 0.6 is 12.4 Å². The molecule has 5 nitrogen and oxygen atoms in total. The summed E-state index contributed by atoms with van der Waals surface area (Å²) < 4.78 is 5.56. The quantitative estimate of drug-likeness (QED) is 0.840. The SMILES string of the molecule is CC(C)[C@H](N)C(=O)NCC(c1ccco1)N1CCCCC1.Cl. The van der Waals surface area contributed by atoms with Gasteiger partial charge in [0.15, 0.2) is 0 Å². The van der Waals surface area contributed by atoms with Gasteiger partial charge in [0.1, 0.15) is 5.76 Å². The monoisotopic (exact) mass is 329 g/mol. The molecule has 0 aliphatic carbocycles. The van der Waals surface area contributed by atoms with Crippen LogP contribution in [-0.2, 0) is 4.79 Å². The average molecular weight is 330 g/mol. The molecule has 1 fully saturated rings. The van der Waals surface area contributed by atoms with E-state index in [-0.39, 0.29) is 30.3 Å². The van der Waals surface area contributed by atoms with E-state index in [0.717, 1.165) is 18.8 Å². The molecule has 0 saturated carbocycles. The minimum absolute atomic E-state index is 0. The van der Waals surface area contributed by atoms with Gasteiger partial charge in [-0.3, -0.25) is 9.69 Å². The lowest BCUT2D eigenvalue weighted by Crippen LogP contribution is -2.47. The van der Waals surface area contributed by atoms with Crippen molar-refractivity contribution in [1.82, 2.24) is 10.2 Å². The smallest absolute Gasteiger partial charge is 0.237 e. The Morgan fingerprint density at radius 1 is 1.36 bits per heavy atom. The Hall–Kier alpha value is -1.04. The molecule has 1 amide bonds. The van der Waals surface area contributed by atoms with Crippen LogP contribution in [0.2, 0.25) is 0 Å². The van der Waals surface area contributed by atoms with Crippen LogP contribution < -0.4 is 11.1 Å². The summed E-state index contributed by atoms with van der Waals surface area (Å²) in [4.78, 5) is 14.4. The van der Waals surface area contributed by atoms with Crippen LogP contribution in [0.4, 0.5) is 0 Å². The Bertz CT molecular complexity index is 431. The zero-order chi connectivity index (χ0) is 15.2. The number of nitrogens with one attached hydrogen (secondary N) is 1. The minimum atomic E-state index is -0.455. The highest BCUT2D eigenvalue weighted by Gasteiger charge is 2.26. The van der Waals surface area contributed by atoms with Crippen molar-refractivity contribution in [2.75, 3.05) is 19.6 Å². The summed E-state index contributed by atoms with van der Waals surface area (Å²) in [6, 6.07) is 3.52. The first kappa shape index (κ1) is 19.0. The van der Waals surface area contributed by atoms with Gasteiger partial charge in [-0.1, -0.05) is 20.3 Å². The highest BCUT2D eigenvalue weighted by molar-refractivity contribution is 5.85. The topological polar surface area (TPSA) is 71.5 Å². The van der Waals surface area contributed by atoms with Gasteiger partial charge in [0, 0.05) is 6.54 Å². The van der Waals surface area contributed by atoms with Gasteiger partial charge < -0.3 is 15.5 Å². The Kier molecular flexibility index (Phi) is 7.93. The number of furan rings is 1. The third-order valence-corrected chi connectivity index (χ3v) is 4.19. The number of hydrogen-bond acceptors (Lipinski definition) is 4. The van der Waals surface area contributed by atoms with Crippen LogP contribution in [0, 0.1) is 5.92 Å². The Morgan fingerprint density at radius 2 is 2.05 bits per heavy atom. The molecule has 2 rings (SSSR count). The highest BCUT2D eigenvalue weighted by atomic mass is 35.5. The molecule has 1 aromatic heterocycles. The molecule has 126 valence electrons. The number of rotatable bonds is 6. The summed E-state index contributed by atoms with van der Waals surface area (Å²) >= 11 is 0. The van der Waals surface area contributed by atoms with E-state index in [1.807, 2.05) is 26.0 Å². The van der Waals surface area contributed by atoms with Crippen molar-refractivity contribution in [2.24, 2.45) is 11.7 Å². The van der Waals surface area contributed by atoms with Gasteiger partial charge in [-0.2, -0.15) is 0 Å². The molecule has 0 bridgehead atoms. The van der Waals surface area contributed by atoms with Crippen LogP contribution in [0.25, 0.3) is 0 Å². The standard InChI is InChI=1S/C16H27N3O2.ClH/c1-12(2)15(17)16(20)18-11-13(14-7-6-10-21-14)19-8-4-3-5-9-19;/h6-7,10,12-13,15H,3-5,8-9,11,17H2,1-2H3,(H,18,20);1H/t13?,15-;/m0./s1. The summed E-state index contributed by atoms with van der Waals surface area (Å²) in [6.45, 7) is 6.57. The maximum atomic E-state index is 12.1. The first-order valence-corrected chi connectivity index (χ1v) is 7.90. The van der Waals surface area contributed by atoms with E-state index in [1.54, 1.807) is 6.26 Å². The molecule has 1 unspecified atom stereocenters. The first-order chi connectivity index (χ1) is 10.1. The summed E-state index contributed by atoms with van der Waals surface area (Å²) in [5.74, 6) is 0.968. The number of nitrogens with two attached hydrogens (primary N) is 1. The third-order valence-electron chi connectivity index (χ3n) is 4.19. The van der Waals surface area contributed by atoms with E-state index >= 15 is 0 Å². The highest BCUT2D eigenvalue weighted by Crippen LogP contribution is 2.24. The Morgan fingerprint density at radius 3 is 2.59 bits per heavy atom. The fraction of sp³-hybridized carbons (Fsp3) is 0.688. The van der Waals surface area contributed by atoms with Crippen LogP contribution in [-0.4, -0.2) is 36.5 Å². The zero-order valence-corrected chi connectivity index (χ0v) is 14.3. The van der Waals surface area contributed by atoms with E-state index in [0.29, 0.717) is 6.54 Å². The molecular formula is C16H28ClN3O2. The van der Waals surface area contributed by atoms with Crippen molar-refractivity contribution in [3.63, 3.8) is 0 Å². The van der Waals surface area contributed by atoms with Crippen molar-refractivity contribution in [2.45, 2.75) is 45.2 Å². The molecule has 2 atom stereocenters. The molecule has 2 heterocycles. The first-order valence-electron chi connectivity index (χ1n) is 7.90. The number of hydrogen-bond donors (Lipinski definition) is 2. The fourth-order valence-electron chi connectivity index (χ4n) is 2.74. The van der Waals surface area contributed by atoms with E-state index in [1.165, 1.54) is 19.3 Å². The van der Waals surface area contributed by atoms with E-state index in [9.17, 15) is 4.79 Å². The molecule has 1 saturated heterocycles. The molecule has 1 aliphatic heterocycles. The number of halogens is 1. The van der Waals surface area contributed by atoms with Gasteiger partial charge >= 0.3 is 0 Å². The van der Waals surface area contributed by atoms with Crippen molar-refractivity contribution >= 4 is 18.3 Å². The summed E-state index contributed by atoms with van der Waals surface area (Å²) in [7, 11) is 0. The number of amides is 1. The summed E-state index contributed by atoms with van der Waals surface area (Å²) in [5, 5.41) is 2.98. The van der Waals surface area contributed by atoms with Gasteiger partial charge in [-0.05, 0) is 44.0 Å². The molecular weight excluding hydrogens is 302 g/mol. The Labute approximate surface area is 139 Å². The predicted molar refractivity (Wildman–Crippen MR) is 89.9 cm³/mol. The second-order valence-corrected chi connectivity index (χ2v) is 6.14. The number of carbonyl (C=O) groups excluding carboxylic acids is 1. The molecule has 3 N–H and O–H groups in total. The molecule has 0 spiro atoms. The molecule has 0 aromatic carbocycles. The lowest BCUT2D eigenvalue weighted by atomic mass is 10.0. The predicted octanol–water partition coefficient (Wildman–Crippen LogP) is 2.33. The van der Waals surface area contributed by atoms with Gasteiger partial charge in [-0.25, -0.2) is 0 Å². The van der Waals surface area contributed by atoms with Crippen molar-refractivity contribution in [3.8, 4) is 0 Å². The maximum Gasteiger partial charge on any atom is 0.237 e. The molecule has 0 radical (unpaired) electrons. The van der Waals surface area contributed by atoms with Crippen molar-refractivity contribution in [1.29, 1.82) is 0 Å². The lowest BCUT2D eigenvalue weighted by molar-refractivity contribution is -0.123. The normalized spacial score (nSPS) is 18.5. The second-order valence-electron chi connectivity index (χ2n) is 6.14. The van der Waals surface area contributed by atoms with Crippen molar-refractivity contribution < 1.29 is 9.21 Å². The fourth-order valence-corrected chi connectivity index (χ4v) is 2.74. The molecule has 1 aliphatic rings. The lowest BCUT2D eigenvalue weighted by Gasteiger charge is -2.33. The molecule has 6 heteroatoms. The van der Waals surface area contributed by atoms with Crippen molar-refractivity contribution in [3.05, 3.63) is 24.2 Å². The Balaban J connectivity index is 0.00000242. The van der Waals surface area contributed by atoms with Gasteiger partial charge in [0.25, 0.3) is 0 Å². The second kappa shape index (κ2) is 9.18. The molecule has 22 heavy (non-hydrogen) atoms. The van der Waals surface area contributed by atoms with Gasteiger partial charge in [0.05, 0.1) is 18.3 Å². The summed E-state index contributed by atoms with van der Waals surface area (Å²) in [6.07, 6.45) is 5.38. The van der Waals surface area contributed by atoms with Crippen LogP contribution in [0.3, 0.4) is 0 Å². The number of carbonyl (C=O) groups is 1. The van der Waals surface area contributed by atoms with Crippen LogP contribution in [0.1, 0.15) is 44.9 Å². The largest absolute Gasteiger partial charge is 0.468 e. The maximum absolute atomic E-state index is 12.1. The average Bonchev–Trinajstić information content (AvgIpc) is 3.01. The zero-order valence-electron chi connectivity index (χ0n) is 13.5. The number of nitrogens with zero attached hydrogens (tertiary/aromatic N) is 1. The van der Waals surface area contributed by atoms with Gasteiger partial charge in [0.2, 0.25) is 5.91 Å². The molecule has 1 aromatic rings. The van der Waals surface area contributed by atoms with E-state index in [4.69, 9.17) is 10.2 Å². The van der Waals surface area contributed by atoms with E-state index in [2.05, 4.69) is 10.2 Å². The van der Waals surface area contributed by atoms with Crippen LogP contribution in [0.15, 0.2) is 22.8 Å². The van der Waals surface area contributed by atoms with E-state index < -0.39 is 6.04 Å². The summed E-state index contributed by atoms with van der Waals surface area (Å²) in [5.41, 5.74) is 5.89. The van der Waals surface area contributed by atoms with Crippen LogP contribution in [0.5, 0.6) is 0 Å². The number of likely N-dealkylation sites (tertiary alicyclic amines) is 1.